The van der Waals surface area contributed by atoms with Crippen molar-refractivity contribution in [2.24, 2.45) is 0 Å². The van der Waals surface area contributed by atoms with Crippen molar-refractivity contribution in [3.63, 3.8) is 0 Å². The molecule has 0 atom stereocenters. The summed E-state index contributed by atoms with van der Waals surface area (Å²) >= 11 is 1.07. The molecule has 2 heterocycles. The van der Waals surface area contributed by atoms with Crippen molar-refractivity contribution >= 4 is 51.0 Å². The summed E-state index contributed by atoms with van der Waals surface area (Å²) in [5.41, 5.74) is 2.65. The molecule has 0 aliphatic carbocycles. The van der Waals surface area contributed by atoms with Crippen LogP contribution in [0.4, 0.5) is 10.8 Å². The van der Waals surface area contributed by atoms with E-state index in [0.29, 0.717) is 27.2 Å². The van der Waals surface area contributed by atoms with Crippen LogP contribution in [0.1, 0.15) is 26.5 Å². The summed E-state index contributed by atoms with van der Waals surface area (Å²) in [5.74, 6) is -0.774. The minimum Gasteiger partial charge on any atom is -0.463 e. The summed E-state index contributed by atoms with van der Waals surface area (Å²) in [6, 6.07) is 14.4. The average Bonchev–Trinajstić information content (AvgIpc) is 3.14. The maximum absolute atomic E-state index is 12.6. The van der Waals surface area contributed by atoms with E-state index in [2.05, 4.69) is 15.6 Å². The first-order valence-corrected chi connectivity index (χ1v) is 10.6. The number of thiazole rings is 1. The van der Waals surface area contributed by atoms with Crippen LogP contribution in [0.25, 0.3) is 17.0 Å². The highest BCUT2D eigenvalue weighted by molar-refractivity contribution is 7.17. The Hall–Kier alpha value is -4.04. The molecular weight excluding hydrogens is 426 g/mol. The van der Waals surface area contributed by atoms with Crippen LogP contribution in [0.3, 0.4) is 0 Å². The van der Waals surface area contributed by atoms with E-state index in [0.717, 1.165) is 16.9 Å². The quantitative estimate of drug-likeness (QED) is 0.431. The van der Waals surface area contributed by atoms with Crippen LogP contribution in [-0.4, -0.2) is 16.8 Å². The Kier molecular flexibility index (Phi) is 5.96. The first-order valence-electron chi connectivity index (χ1n) is 9.76. The van der Waals surface area contributed by atoms with Gasteiger partial charge in [-0.15, -0.1) is 0 Å². The maximum Gasteiger partial charge on any atom is 0.267 e. The largest absolute Gasteiger partial charge is 0.463 e. The highest BCUT2D eigenvalue weighted by atomic mass is 32.1. The number of hydrogen-bond acceptors (Lipinski definition) is 6. The summed E-state index contributed by atoms with van der Waals surface area (Å²) in [6.45, 7) is 3.59. The monoisotopic (exact) mass is 445 g/mol. The lowest BCUT2D eigenvalue weighted by Gasteiger charge is -2.02. The molecule has 2 N–H and O–H groups in total. The van der Waals surface area contributed by atoms with Crippen LogP contribution in [0, 0.1) is 13.8 Å². The van der Waals surface area contributed by atoms with Crippen molar-refractivity contribution in [3.8, 4) is 0 Å². The third-order valence-electron chi connectivity index (χ3n) is 4.63. The van der Waals surface area contributed by atoms with E-state index in [-0.39, 0.29) is 22.0 Å². The number of aromatic nitrogens is 1. The fraction of sp³-hybridized carbons (Fsp3) is 0.0833. The summed E-state index contributed by atoms with van der Waals surface area (Å²) in [6.07, 6.45) is 3.95. The van der Waals surface area contributed by atoms with E-state index in [4.69, 9.17) is 4.42 Å². The molecular formula is C24H19N3O4S. The number of nitrogens with one attached hydrogen (secondary N) is 2. The van der Waals surface area contributed by atoms with Crippen LogP contribution >= 0.6 is 11.3 Å². The second-order valence-corrected chi connectivity index (χ2v) is 8.10. The van der Waals surface area contributed by atoms with E-state index in [1.165, 1.54) is 18.4 Å². The van der Waals surface area contributed by atoms with E-state index in [9.17, 15) is 14.4 Å². The van der Waals surface area contributed by atoms with E-state index in [1.54, 1.807) is 31.2 Å². The van der Waals surface area contributed by atoms with Gasteiger partial charge < -0.3 is 9.73 Å². The smallest absolute Gasteiger partial charge is 0.267 e. The first kappa shape index (κ1) is 21.2. The van der Waals surface area contributed by atoms with Crippen LogP contribution in [0.5, 0.6) is 0 Å². The number of benzene rings is 2. The molecule has 8 heteroatoms. The Bertz CT molecular complexity index is 1400. The van der Waals surface area contributed by atoms with Gasteiger partial charge in [-0.2, -0.15) is 0 Å². The highest BCUT2D eigenvalue weighted by Gasteiger charge is 2.16. The molecule has 7 nitrogen and oxygen atoms in total. The Morgan fingerprint density at radius 1 is 1.06 bits per heavy atom. The number of rotatable bonds is 5. The molecule has 2 aromatic carbocycles. The number of carbonyl (C=O) groups is 2. The average molecular weight is 446 g/mol. The molecule has 0 aliphatic rings. The molecule has 0 saturated carbocycles. The predicted molar refractivity (Wildman–Crippen MR) is 126 cm³/mol. The summed E-state index contributed by atoms with van der Waals surface area (Å²) in [7, 11) is 0. The highest BCUT2D eigenvalue weighted by Crippen LogP contribution is 2.24. The zero-order valence-corrected chi connectivity index (χ0v) is 18.2. The van der Waals surface area contributed by atoms with Gasteiger partial charge in [0.1, 0.15) is 16.7 Å². The standard InChI is InChI=1S/C24H19N3O4S/c1-14-8-10-19-18(12-14)21(29)16(13-31-19)9-11-20(28)27-24-25-15(2)22(32-24)23(30)26-17-6-4-3-5-7-17/h3-13H,1-2H3,(H,26,30)(H,25,27,28)/b11-9+. The van der Waals surface area contributed by atoms with E-state index >= 15 is 0 Å². The van der Waals surface area contributed by atoms with Gasteiger partial charge in [0.15, 0.2) is 10.6 Å². The number of carbonyl (C=O) groups excluding carboxylic acids is 2. The minimum absolute atomic E-state index is 0.219. The molecule has 0 spiro atoms. The van der Waals surface area contributed by atoms with Crippen molar-refractivity contribution in [1.82, 2.24) is 4.98 Å². The van der Waals surface area contributed by atoms with Gasteiger partial charge in [-0.05, 0) is 44.2 Å². The minimum atomic E-state index is -0.475. The molecule has 4 rings (SSSR count). The predicted octanol–water partition coefficient (Wildman–Crippen LogP) is 4.77. The number of nitrogens with zero attached hydrogens (tertiary/aromatic N) is 1. The van der Waals surface area contributed by atoms with Crippen molar-refractivity contribution in [3.05, 3.63) is 92.8 Å². The molecule has 0 aliphatic heterocycles. The van der Waals surface area contributed by atoms with E-state index in [1.807, 2.05) is 31.2 Å². The van der Waals surface area contributed by atoms with Crippen molar-refractivity contribution in [2.75, 3.05) is 10.6 Å². The summed E-state index contributed by atoms with van der Waals surface area (Å²) < 4.78 is 5.49. The van der Waals surface area contributed by atoms with Gasteiger partial charge in [0.25, 0.3) is 5.91 Å². The molecule has 2 amide bonds. The number of fused-ring (bicyclic) bond motifs is 1. The van der Waals surface area contributed by atoms with Crippen molar-refractivity contribution < 1.29 is 14.0 Å². The van der Waals surface area contributed by atoms with Gasteiger partial charge in [0.2, 0.25) is 5.91 Å². The van der Waals surface area contributed by atoms with E-state index < -0.39 is 5.91 Å². The Morgan fingerprint density at radius 2 is 1.84 bits per heavy atom. The maximum atomic E-state index is 12.6. The van der Waals surface area contributed by atoms with Crippen LogP contribution in [0.15, 0.2) is 70.1 Å². The Labute approximate surface area is 187 Å². The van der Waals surface area contributed by atoms with Crippen LogP contribution in [-0.2, 0) is 4.79 Å². The van der Waals surface area contributed by atoms with Gasteiger partial charge in [0, 0.05) is 11.8 Å². The van der Waals surface area contributed by atoms with Gasteiger partial charge in [-0.25, -0.2) is 4.98 Å². The molecule has 0 saturated heterocycles. The lowest BCUT2D eigenvalue weighted by Crippen LogP contribution is -2.11. The lowest BCUT2D eigenvalue weighted by atomic mass is 10.1. The lowest BCUT2D eigenvalue weighted by molar-refractivity contribution is -0.111. The zero-order valence-electron chi connectivity index (χ0n) is 17.3. The molecule has 32 heavy (non-hydrogen) atoms. The fourth-order valence-corrected chi connectivity index (χ4v) is 3.92. The summed E-state index contributed by atoms with van der Waals surface area (Å²) in [5, 5.41) is 6.17. The van der Waals surface area contributed by atoms with Gasteiger partial charge in [0.05, 0.1) is 16.6 Å². The number of hydrogen-bond donors (Lipinski definition) is 2. The molecule has 0 unspecified atom stereocenters. The summed E-state index contributed by atoms with van der Waals surface area (Å²) in [4.78, 5) is 42.1. The fourth-order valence-electron chi connectivity index (χ4n) is 3.06. The number of anilines is 2. The van der Waals surface area contributed by atoms with Gasteiger partial charge >= 0.3 is 0 Å². The number of amides is 2. The zero-order chi connectivity index (χ0) is 22.7. The van der Waals surface area contributed by atoms with Crippen LogP contribution < -0.4 is 16.1 Å². The van der Waals surface area contributed by atoms with Gasteiger partial charge in [-0.3, -0.25) is 19.7 Å². The third kappa shape index (κ3) is 4.65. The SMILES string of the molecule is Cc1ccc2occ(/C=C/C(=O)Nc3nc(C)c(C(=O)Nc4ccccc4)s3)c(=O)c2c1. The molecule has 160 valence electrons. The second kappa shape index (κ2) is 8.99. The molecule has 0 radical (unpaired) electrons. The Morgan fingerprint density at radius 3 is 2.62 bits per heavy atom. The molecule has 2 aromatic heterocycles. The molecule has 0 bridgehead atoms. The van der Waals surface area contributed by atoms with Gasteiger partial charge in [-0.1, -0.05) is 41.2 Å². The third-order valence-corrected chi connectivity index (χ3v) is 5.71. The normalized spacial score (nSPS) is 11.1. The molecule has 0 fully saturated rings. The van der Waals surface area contributed by atoms with Crippen LogP contribution in [0.2, 0.25) is 0 Å². The first-order chi connectivity index (χ1) is 15.4. The van der Waals surface area contributed by atoms with Crippen molar-refractivity contribution in [2.45, 2.75) is 13.8 Å². The van der Waals surface area contributed by atoms with Crippen molar-refractivity contribution in [1.29, 1.82) is 0 Å². The number of para-hydroxylation sites is 1. The Balaban J connectivity index is 1.47. The topological polar surface area (TPSA) is 101 Å². The molecule has 4 aromatic rings. The second-order valence-electron chi connectivity index (χ2n) is 7.10. The number of aryl methyl sites for hydroxylation is 2.